The predicted octanol–water partition coefficient (Wildman–Crippen LogP) is 1.52. The van der Waals surface area contributed by atoms with Crippen LogP contribution in [0.4, 0.5) is 0 Å². The van der Waals surface area contributed by atoms with Gasteiger partial charge in [0.05, 0.1) is 25.3 Å². The number of pyridine rings is 1. The molecule has 1 N–H and O–H groups in total. The molecule has 1 unspecified atom stereocenters. The maximum atomic E-state index is 12.1. The molecule has 0 bridgehead atoms. The Morgan fingerprint density at radius 2 is 2.43 bits per heavy atom. The van der Waals surface area contributed by atoms with Crippen molar-refractivity contribution in [2.24, 2.45) is 0 Å². The van der Waals surface area contributed by atoms with Crippen LogP contribution >= 0.6 is 11.6 Å². The first-order valence-electron chi connectivity index (χ1n) is 7.09. The van der Waals surface area contributed by atoms with Gasteiger partial charge in [-0.3, -0.25) is 4.79 Å². The van der Waals surface area contributed by atoms with E-state index in [1.165, 1.54) is 12.3 Å². The monoisotopic (exact) mass is 338 g/mol. The smallest absolute Gasteiger partial charge is 0.253 e. The molecule has 8 nitrogen and oxygen atoms in total. The van der Waals surface area contributed by atoms with Crippen molar-refractivity contribution >= 4 is 17.5 Å². The topological polar surface area (TPSA) is 99.4 Å². The highest BCUT2D eigenvalue weighted by Crippen LogP contribution is 2.25. The van der Waals surface area contributed by atoms with Crippen molar-refractivity contribution in [2.45, 2.75) is 26.0 Å². The van der Waals surface area contributed by atoms with E-state index in [0.29, 0.717) is 36.4 Å². The number of amides is 1. The molecule has 2 aromatic heterocycles. The number of nitrogens with one attached hydrogen (secondary N) is 1. The molecule has 9 heteroatoms. The van der Waals surface area contributed by atoms with Crippen molar-refractivity contribution in [3.05, 3.63) is 34.6 Å². The van der Waals surface area contributed by atoms with Gasteiger partial charge >= 0.3 is 0 Å². The van der Waals surface area contributed by atoms with E-state index >= 15 is 0 Å². The Hall–Kier alpha value is -2.19. The summed E-state index contributed by atoms with van der Waals surface area (Å²) < 4.78 is 15.8. The van der Waals surface area contributed by atoms with Gasteiger partial charge in [-0.15, -0.1) is 0 Å². The average Bonchev–Trinajstić information content (AvgIpc) is 3.18. The second-order valence-corrected chi connectivity index (χ2v) is 5.44. The Bertz CT molecular complexity index is 700. The number of hydrogen-bond acceptors (Lipinski definition) is 7. The van der Waals surface area contributed by atoms with Gasteiger partial charge in [-0.25, -0.2) is 4.98 Å². The lowest BCUT2D eigenvalue weighted by molar-refractivity contribution is 0.0945. The van der Waals surface area contributed by atoms with E-state index in [-0.39, 0.29) is 23.6 Å². The van der Waals surface area contributed by atoms with E-state index in [0.717, 1.165) is 6.42 Å². The number of halogens is 1. The van der Waals surface area contributed by atoms with Crippen molar-refractivity contribution in [3.8, 4) is 5.88 Å². The quantitative estimate of drug-likeness (QED) is 0.882. The molecule has 122 valence electrons. The molecule has 0 saturated carbocycles. The molecule has 2 aromatic rings. The van der Waals surface area contributed by atoms with Gasteiger partial charge in [0.1, 0.15) is 11.1 Å². The fraction of sp³-hybridized carbons (Fsp3) is 0.429. The number of aromatic nitrogens is 3. The number of rotatable bonds is 5. The fourth-order valence-corrected chi connectivity index (χ4v) is 2.28. The van der Waals surface area contributed by atoms with Crippen molar-refractivity contribution < 1.29 is 18.8 Å². The third-order valence-corrected chi connectivity index (χ3v) is 3.48. The summed E-state index contributed by atoms with van der Waals surface area (Å²) >= 11 is 6.12. The lowest BCUT2D eigenvalue weighted by Crippen LogP contribution is -2.23. The molecule has 3 heterocycles. The molecule has 1 aliphatic heterocycles. The minimum atomic E-state index is -0.342. The summed E-state index contributed by atoms with van der Waals surface area (Å²) in [7, 11) is 0. The molecule has 0 aliphatic carbocycles. The molecule has 23 heavy (non-hydrogen) atoms. The largest absolute Gasteiger partial charge is 0.471 e. The fourth-order valence-electron chi connectivity index (χ4n) is 2.07. The maximum Gasteiger partial charge on any atom is 0.253 e. The first-order chi connectivity index (χ1) is 11.1. The van der Waals surface area contributed by atoms with Crippen molar-refractivity contribution in [2.75, 3.05) is 13.2 Å². The van der Waals surface area contributed by atoms with E-state index in [2.05, 4.69) is 20.4 Å². The Labute approximate surface area is 137 Å². The van der Waals surface area contributed by atoms with E-state index < -0.39 is 0 Å². The SMILES string of the molecule is Cc1noc(CNC(=O)c2cnc(OC3CCOC3)c(Cl)c2)n1. The normalized spacial score (nSPS) is 17.2. The highest BCUT2D eigenvalue weighted by atomic mass is 35.5. The zero-order valence-corrected chi connectivity index (χ0v) is 13.2. The van der Waals surface area contributed by atoms with Crippen molar-refractivity contribution in [3.63, 3.8) is 0 Å². The number of hydrogen-bond donors (Lipinski definition) is 1. The summed E-state index contributed by atoms with van der Waals surface area (Å²) in [5, 5.41) is 6.57. The molecule has 1 amide bonds. The highest BCUT2D eigenvalue weighted by molar-refractivity contribution is 6.32. The van der Waals surface area contributed by atoms with E-state index in [9.17, 15) is 4.79 Å². The van der Waals surface area contributed by atoms with Crippen LogP contribution in [0.2, 0.25) is 5.02 Å². The summed E-state index contributed by atoms with van der Waals surface area (Å²) in [4.78, 5) is 20.2. The van der Waals surface area contributed by atoms with Gasteiger partial charge in [0.2, 0.25) is 11.8 Å². The van der Waals surface area contributed by atoms with Gasteiger partial charge in [-0.1, -0.05) is 16.8 Å². The van der Waals surface area contributed by atoms with Crippen LogP contribution < -0.4 is 10.1 Å². The van der Waals surface area contributed by atoms with E-state index in [1.807, 2.05) is 0 Å². The average molecular weight is 339 g/mol. The van der Waals surface area contributed by atoms with Crippen LogP contribution in [0.1, 0.15) is 28.5 Å². The lowest BCUT2D eigenvalue weighted by atomic mass is 10.2. The van der Waals surface area contributed by atoms with Crippen LogP contribution in [0.3, 0.4) is 0 Å². The first kappa shape index (κ1) is 15.7. The molecule has 1 atom stereocenters. The zero-order chi connectivity index (χ0) is 16.2. The van der Waals surface area contributed by atoms with Crippen LogP contribution in [0, 0.1) is 6.92 Å². The third kappa shape index (κ3) is 3.96. The molecule has 0 aromatic carbocycles. The lowest BCUT2D eigenvalue weighted by Gasteiger charge is -2.12. The Kier molecular flexibility index (Phi) is 4.73. The summed E-state index contributed by atoms with van der Waals surface area (Å²) in [5.74, 6) is 0.796. The summed E-state index contributed by atoms with van der Waals surface area (Å²) in [6, 6.07) is 1.51. The Morgan fingerprint density at radius 3 is 3.09 bits per heavy atom. The highest BCUT2D eigenvalue weighted by Gasteiger charge is 2.20. The molecule has 3 rings (SSSR count). The molecule has 1 aliphatic rings. The molecule has 0 spiro atoms. The van der Waals surface area contributed by atoms with E-state index in [4.69, 9.17) is 25.6 Å². The minimum absolute atomic E-state index is 0.0551. The minimum Gasteiger partial charge on any atom is -0.471 e. The van der Waals surface area contributed by atoms with Crippen LogP contribution in [-0.4, -0.2) is 40.3 Å². The van der Waals surface area contributed by atoms with Crippen LogP contribution in [0.15, 0.2) is 16.8 Å². The zero-order valence-electron chi connectivity index (χ0n) is 12.4. The van der Waals surface area contributed by atoms with Crippen LogP contribution in [0.25, 0.3) is 0 Å². The second-order valence-electron chi connectivity index (χ2n) is 5.03. The number of carbonyl (C=O) groups excluding carboxylic acids is 1. The van der Waals surface area contributed by atoms with Crippen molar-refractivity contribution in [1.29, 1.82) is 0 Å². The first-order valence-corrected chi connectivity index (χ1v) is 7.47. The van der Waals surface area contributed by atoms with Gasteiger partial charge in [-0.05, 0) is 13.0 Å². The van der Waals surface area contributed by atoms with Gasteiger partial charge in [-0.2, -0.15) is 4.98 Å². The van der Waals surface area contributed by atoms with Crippen LogP contribution in [0.5, 0.6) is 5.88 Å². The summed E-state index contributed by atoms with van der Waals surface area (Å²) in [6.45, 7) is 3.02. The predicted molar refractivity (Wildman–Crippen MR) is 79.3 cm³/mol. The van der Waals surface area contributed by atoms with Gasteiger partial charge < -0.3 is 19.3 Å². The molecule has 0 radical (unpaired) electrons. The van der Waals surface area contributed by atoms with Gasteiger partial charge in [0, 0.05) is 12.6 Å². The summed E-state index contributed by atoms with van der Waals surface area (Å²) in [6.07, 6.45) is 2.15. The van der Waals surface area contributed by atoms with Crippen LogP contribution in [-0.2, 0) is 11.3 Å². The maximum absolute atomic E-state index is 12.1. The number of ether oxygens (including phenoxy) is 2. The van der Waals surface area contributed by atoms with E-state index in [1.54, 1.807) is 6.92 Å². The molecule has 1 fully saturated rings. The molecular formula is C14H15ClN4O4. The Morgan fingerprint density at radius 1 is 1.57 bits per heavy atom. The van der Waals surface area contributed by atoms with Crippen molar-refractivity contribution in [1.82, 2.24) is 20.4 Å². The number of carbonyl (C=O) groups is 1. The Balaban J connectivity index is 1.60. The standard InChI is InChI=1S/C14H15ClN4O4/c1-8-18-12(23-19-8)6-16-13(20)9-4-11(15)14(17-5-9)22-10-2-3-21-7-10/h4-5,10H,2-3,6-7H2,1H3,(H,16,20). The third-order valence-electron chi connectivity index (χ3n) is 3.21. The van der Waals surface area contributed by atoms with Gasteiger partial charge in [0.15, 0.2) is 5.82 Å². The second kappa shape index (κ2) is 6.93. The van der Waals surface area contributed by atoms with Gasteiger partial charge in [0.25, 0.3) is 5.91 Å². The molecule has 1 saturated heterocycles. The molecular weight excluding hydrogens is 324 g/mol. The number of nitrogens with zero attached hydrogens (tertiary/aromatic N) is 3. The summed E-state index contributed by atoms with van der Waals surface area (Å²) in [5.41, 5.74) is 0.321. The number of aryl methyl sites for hydroxylation is 1.